The highest BCUT2D eigenvalue weighted by Crippen LogP contribution is 2.24. The van der Waals surface area contributed by atoms with Crippen molar-refractivity contribution in [3.63, 3.8) is 0 Å². The third-order valence-corrected chi connectivity index (χ3v) is 4.16. The van der Waals surface area contributed by atoms with E-state index in [0.717, 1.165) is 0 Å². The lowest BCUT2D eigenvalue weighted by Crippen LogP contribution is -2.26. The first-order valence-electron chi connectivity index (χ1n) is 7.52. The van der Waals surface area contributed by atoms with Gasteiger partial charge in [-0.2, -0.15) is 0 Å². The van der Waals surface area contributed by atoms with E-state index in [1.807, 2.05) is 0 Å². The van der Waals surface area contributed by atoms with E-state index in [-0.39, 0.29) is 30.7 Å². The fraction of sp³-hybridized carbons (Fsp3) is 0.471. The topological polar surface area (TPSA) is 78.9 Å². The van der Waals surface area contributed by atoms with Gasteiger partial charge in [-0.3, -0.25) is 14.4 Å². The maximum Gasteiger partial charge on any atom is 0.317 e. The molecule has 24 heavy (non-hydrogen) atoms. The van der Waals surface area contributed by atoms with Gasteiger partial charge >= 0.3 is 17.9 Å². The first-order valence-corrected chi connectivity index (χ1v) is 8.57. The van der Waals surface area contributed by atoms with Crippen molar-refractivity contribution in [2.24, 2.45) is 5.41 Å². The van der Waals surface area contributed by atoms with E-state index in [4.69, 9.17) is 14.2 Å². The molecule has 7 heteroatoms. The first-order chi connectivity index (χ1) is 11.3. The van der Waals surface area contributed by atoms with E-state index >= 15 is 0 Å². The molecule has 130 valence electrons. The molecule has 0 aromatic heterocycles. The first kappa shape index (κ1) is 18.3. The molecule has 1 aromatic carbocycles. The van der Waals surface area contributed by atoms with Crippen molar-refractivity contribution in [1.29, 1.82) is 0 Å². The molecule has 0 aliphatic carbocycles. The number of hydrogen-bond donors (Lipinski definition) is 0. The fourth-order valence-corrected chi connectivity index (χ4v) is 2.56. The number of carbonyl (C=O) groups excluding carboxylic acids is 3. The Labute approximate surface area is 144 Å². The van der Waals surface area contributed by atoms with Crippen LogP contribution in [0.5, 0.6) is 5.75 Å². The quantitative estimate of drug-likeness (QED) is 0.594. The van der Waals surface area contributed by atoms with Crippen LogP contribution < -0.4 is 4.74 Å². The number of hydrogen-bond acceptors (Lipinski definition) is 7. The van der Waals surface area contributed by atoms with Gasteiger partial charge in [0.1, 0.15) is 12.4 Å². The third-order valence-electron chi connectivity index (χ3n) is 3.15. The summed E-state index contributed by atoms with van der Waals surface area (Å²) in [7, 11) is 0. The third kappa shape index (κ3) is 5.26. The largest absolute Gasteiger partial charge is 0.461 e. The second-order valence-electron chi connectivity index (χ2n) is 6.34. The molecule has 0 saturated carbocycles. The predicted molar refractivity (Wildman–Crippen MR) is 88.5 cm³/mol. The summed E-state index contributed by atoms with van der Waals surface area (Å²) in [5.41, 5.74) is -0.524. The average Bonchev–Trinajstić information content (AvgIpc) is 2.92. The minimum absolute atomic E-state index is 0.0131. The molecule has 1 saturated heterocycles. The Morgan fingerprint density at radius 2 is 2.00 bits per heavy atom. The number of benzene rings is 1. The van der Waals surface area contributed by atoms with Crippen LogP contribution in [0.2, 0.25) is 0 Å². The Morgan fingerprint density at radius 1 is 1.29 bits per heavy atom. The molecule has 0 bridgehead atoms. The molecule has 0 spiro atoms. The lowest BCUT2D eigenvalue weighted by Gasteiger charge is -2.18. The molecule has 0 N–H and O–H groups in total. The van der Waals surface area contributed by atoms with Gasteiger partial charge in [0.2, 0.25) is 0 Å². The molecule has 1 atom stereocenters. The minimum Gasteiger partial charge on any atom is -0.461 e. The highest BCUT2D eigenvalue weighted by molar-refractivity contribution is 8.00. The van der Waals surface area contributed by atoms with Crippen molar-refractivity contribution in [1.82, 2.24) is 0 Å². The monoisotopic (exact) mass is 352 g/mol. The highest BCUT2D eigenvalue weighted by Gasteiger charge is 2.26. The zero-order valence-corrected chi connectivity index (χ0v) is 14.7. The van der Waals surface area contributed by atoms with E-state index in [9.17, 15) is 14.4 Å². The Hall–Kier alpha value is -2.02. The molecule has 6 nitrogen and oxygen atoms in total. The summed E-state index contributed by atoms with van der Waals surface area (Å²) in [6.45, 7) is 5.28. The van der Waals surface area contributed by atoms with E-state index in [1.165, 1.54) is 11.8 Å². The van der Waals surface area contributed by atoms with Gasteiger partial charge in [-0.15, -0.1) is 11.8 Å². The Morgan fingerprint density at radius 3 is 2.62 bits per heavy atom. The van der Waals surface area contributed by atoms with Crippen LogP contribution in [0.15, 0.2) is 24.3 Å². The average molecular weight is 352 g/mol. The fourth-order valence-electron chi connectivity index (χ4n) is 1.83. The molecular weight excluding hydrogens is 332 g/mol. The van der Waals surface area contributed by atoms with Crippen LogP contribution in [-0.2, 0) is 30.3 Å². The van der Waals surface area contributed by atoms with Crippen LogP contribution in [0.1, 0.15) is 26.3 Å². The minimum atomic E-state index is -0.642. The number of cyclic esters (lactones) is 1. The molecule has 0 radical (unpaired) electrons. The van der Waals surface area contributed by atoms with Crippen molar-refractivity contribution >= 4 is 29.7 Å². The maximum atomic E-state index is 12.0. The van der Waals surface area contributed by atoms with Crippen LogP contribution in [0.3, 0.4) is 0 Å². The normalized spacial score (nSPS) is 17.3. The van der Waals surface area contributed by atoms with Crippen LogP contribution in [-0.4, -0.2) is 35.7 Å². The molecule has 1 aliphatic rings. The van der Waals surface area contributed by atoms with Gasteiger partial charge in [-0.25, -0.2) is 0 Å². The van der Waals surface area contributed by atoms with Crippen LogP contribution in [0.4, 0.5) is 0 Å². The lowest BCUT2D eigenvalue weighted by atomic mass is 9.97. The van der Waals surface area contributed by atoms with E-state index < -0.39 is 16.8 Å². The van der Waals surface area contributed by atoms with Gasteiger partial charge in [0.05, 0.1) is 17.6 Å². The number of rotatable bonds is 5. The molecule has 0 amide bonds. The molecule has 1 aliphatic heterocycles. The predicted octanol–water partition coefficient (Wildman–Crippen LogP) is 2.34. The van der Waals surface area contributed by atoms with Crippen molar-refractivity contribution in [2.75, 3.05) is 12.4 Å². The SMILES string of the molecule is CC(C)(C)C(=O)Oc1ccccc1CC(=O)OC[C@H]1OC(=O)CS1. The summed E-state index contributed by atoms with van der Waals surface area (Å²) in [6, 6.07) is 6.83. The van der Waals surface area contributed by atoms with Gasteiger partial charge in [0.15, 0.2) is 5.44 Å². The van der Waals surface area contributed by atoms with Crippen LogP contribution in [0, 0.1) is 5.41 Å². The highest BCUT2D eigenvalue weighted by atomic mass is 32.2. The van der Waals surface area contributed by atoms with Crippen molar-refractivity contribution < 1.29 is 28.6 Å². The summed E-state index contributed by atoms with van der Waals surface area (Å²) >= 11 is 1.29. The van der Waals surface area contributed by atoms with Gasteiger partial charge in [-0.05, 0) is 26.8 Å². The van der Waals surface area contributed by atoms with Gasteiger partial charge in [-0.1, -0.05) is 18.2 Å². The second-order valence-corrected chi connectivity index (χ2v) is 7.49. The van der Waals surface area contributed by atoms with Crippen LogP contribution >= 0.6 is 11.8 Å². The zero-order chi connectivity index (χ0) is 17.7. The standard InChI is InChI=1S/C17H20O6S/c1-17(2,3)16(20)22-12-7-5-4-6-11(12)8-13(18)21-9-15-23-14(19)10-24-15/h4-7,15H,8-10H2,1-3H3/t15-/m0/s1. The molecule has 2 rings (SSSR count). The lowest BCUT2D eigenvalue weighted by molar-refractivity contribution is -0.150. The maximum absolute atomic E-state index is 12.0. The number of para-hydroxylation sites is 1. The van der Waals surface area contributed by atoms with Crippen LogP contribution in [0.25, 0.3) is 0 Å². The smallest absolute Gasteiger partial charge is 0.317 e. The summed E-state index contributed by atoms with van der Waals surface area (Å²) in [6.07, 6.45) is -0.0288. The summed E-state index contributed by atoms with van der Waals surface area (Å²) in [5.74, 6) is -0.541. The van der Waals surface area contributed by atoms with E-state index in [1.54, 1.807) is 45.0 Å². The summed E-state index contributed by atoms with van der Waals surface area (Å²) in [5, 5.41) is 0. The number of ether oxygens (including phenoxy) is 3. The Balaban J connectivity index is 1.93. The number of thioether (sulfide) groups is 1. The van der Waals surface area contributed by atoms with Crippen molar-refractivity contribution in [3.8, 4) is 5.75 Å². The Bertz CT molecular complexity index is 634. The summed E-state index contributed by atoms with van der Waals surface area (Å²) in [4.78, 5) is 35.0. The molecule has 1 heterocycles. The number of carbonyl (C=O) groups is 3. The zero-order valence-electron chi connectivity index (χ0n) is 13.9. The molecule has 0 unspecified atom stereocenters. The Kier molecular flexibility index (Phi) is 5.88. The van der Waals surface area contributed by atoms with Gasteiger partial charge < -0.3 is 14.2 Å². The summed E-state index contributed by atoms with van der Waals surface area (Å²) < 4.78 is 15.5. The van der Waals surface area contributed by atoms with Gasteiger partial charge in [0.25, 0.3) is 0 Å². The van der Waals surface area contributed by atoms with Crippen molar-refractivity contribution in [2.45, 2.75) is 32.6 Å². The molecule has 1 aromatic rings. The number of esters is 3. The van der Waals surface area contributed by atoms with E-state index in [0.29, 0.717) is 11.3 Å². The van der Waals surface area contributed by atoms with Crippen molar-refractivity contribution in [3.05, 3.63) is 29.8 Å². The molecular formula is C17H20O6S. The van der Waals surface area contributed by atoms with E-state index in [2.05, 4.69) is 0 Å². The second kappa shape index (κ2) is 7.70. The molecule has 1 fully saturated rings. The van der Waals surface area contributed by atoms with Gasteiger partial charge in [0, 0.05) is 5.56 Å².